The molecule has 3 rings (SSSR count). The molecule has 0 atom stereocenters. The van der Waals surface area contributed by atoms with E-state index < -0.39 is 0 Å². The maximum atomic E-state index is 9.82. The highest BCUT2D eigenvalue weighted by atomic mass is 16.5. The summed E-state index contributed by atoms with van der Waals surface area (Å²) in [6, 6.07) is 7.65. The number of aromatic nitrogens is 1. The normalized spacial score (nSPS) is 11.0. The summed E-state index contributed by atoms with van der Waals surface area (Å²) in [6.07, 6.45) is 0. The molecule has 1 aromatic carbocycles. The van der Waals surface area contributed by atoms with Crippen molar-refractivity contribution in [3.8, 4) is 28.7 Å². The van der Waals surface area contributed by atoms with Gasteiger partial charge in [-0.2, -0.15) is 0 Å². The molecule has 0 saturated carbocycles. The number of methoxy groups -OCH3 is 1. The van der Waals surface area contributed by atoms with Crippen molar-refractivity contribution in [2.45, 2.75) is 6.61 Å². The van der Waals surface area contributed by atoms with Crippen molar-refractivity contribution in [1.29, 1.82) is 0 Å². The highest BCUT2D eigenvalue weighted by Gasteiger charge is 2.15. The van der Waals surface area contributed by atoms with Gasteiger partial charge in [0, 0.05) is 23.8 Å². The highest BCUT2D eigenvalue weighted by Crippen LogP contribution is 2.36. The van der Waals surface area contributed by atoms with Gasteiger partial charge in [-0.05, 0) is 12.1 Å². The summed E-state index contributed by atoms with van der Waals surface area (Å²) in [4.78, 5) is 4.15. The Hall–Kier alpha value is -2.73. The lowest BCUT2D eigenvalue weighted by atomic mass is 10.1. The third-order valence-electron chi connectivity index (χ3n) is 3.17. The minimum Gasteiger partial charge on any atom is -0.508 e. The molecule has 21 heavy (non-hydrogen) atoms. The second-order valence-electron chi connectivity index (χ2n) is 4.49. The number of fused-ring (bicyclic) bond motifs is 1. The first-order valence-electron chi connectivity index (χ1n) is 6.23. The number of phenolic OH excluding ortho intramolecular Hbond substituents is 2. The van der Waals surface area contributed by atoms with Crippen LogP contribution in [-0.4, -0.2) is 27.4 Å². The summed E-state index contributed by atoms with van der Waals surface area (Å²) in [5.74, 6) is 0.660. The van der Waals surface area contributed by atoms with E-state index in [9.17, 15) is 15.3 Å². The summed E-state index contributed by atoms with van der Waals surface area (Å²) in [7, 11) is 1.49. The second kappa shape index (κ2) is 4.99. The number of nitrogens with zero attached hydrogens (tertiary/aromatic N) is 1. The van der Waals surface area contributed by atoms with Gasteiger partial charge in [-0.25, -0.2) is 4.98 Å². The van der Waals surface area contributed by atoms with Crippen LogP contribution in [0.5, 0.6) is 17.4 Å². The van der Waals surface area contributed by atoms with Gasteiger partial charge in [-0.1, -0.05) is 0 Å². The van der Waals surface area contributed by atoms with E-state index in [0.717, 1.165) is 0 Å². The lowest BCUT2D eigenvalue weighted by molar-refractivity contribution is 0.274. The fraction of sp³-hybridized carbons (Fsp3) is 0.133. The molecule has 0 aliphatic heterocycles. The Balaban J connectivity index is 2.18. The van der Waals surface area contributed by atoms with Crippen LogP contribution >= 0.6 is 0 Å². The summed E-state index contributed by atoms with van der Waals surface area (Å²) in [5, 5.41) is 29.2. The largest absolute Gasteiger partial charge is 0.508 e. The SMILES string of the molecule is COc1ccc(-c2cc3c(O)cc(O)cc3o2)c(CO)n1. The average molecular weight is 287 g/mol. The number of furan rings is 1. The Bertz CT molecular complexity index is 809. The van der Waals surface area contributed by atoms with Gasteiger partial charge in [0.2, 0.25) is 5.88 Å². The zero-order chi connectivity index (χ0) is 15.0. The average Bonchev–Trinajstić information content (AvgIpc) is 2.90. The number of hydrogen-bond donors (Lipinski definition) is 3. The van der Waals surface area contributed by atoms with Crippen LogP contribution in [0.3, 0.4) is 0 Å². The first-order chi connectivity index (χ1) is 10.1. The monoisotopic (exact) mass is 287 g/mol. The third kappa shape index (κ3) is 2.25. The molecule has 3 N–H and O–H groups in total. The van der Waals surface area contributed by atoms with Gasteiger partial charge in [0.25, 0.3) is 0 Å². The molecule has 0 fully saturated rings. The van der Waals surface area contributed by atoms with E-state index in [-0.39, 0.29) is 18.1 Å². The van der Waals surface area contributed by atoms with Gasteiger partial charge in [0.1, 0.15) is 22.8 Å². The van der Waals surface area contributed by atoms with Crippen molar-refractivity contribution < 1.29 is 24.5 Å². The molecule has 0 saturated heterocycles. The number of aromatic hydroxyl groups is 2. The van der Waals surface area contributed by atoms with Gasteiger partial charge in [-0.15, -0.1) is 0 Å². The van der Waals surface area contributed by atoms with Crippen molar-refractivity contribution >= 4 is 11.0 Å². The molecule has 0 amide bonds. The Morgan fingerprint density at radius 3 is 2.71 bits per heavy atom. The van der Waals surface area contributed by atoms with E-state index in [4.69, 9.17) is 9.15 Å². The minimum atomic E-state index is -0.277. The summed E-state index contributed by atoms with van der Waals surface area (Å²) >= 11 is 0. The molecule has 6 nitrogen and oxygen atoms in total. The number of ether oxygens (including phenoxy) is 1. The maximum absolute atomic E-state index is 9.82. The Morgan fingerprint density at radius 1 is 1.19 bits per heavy atom. The van der Waals surface area contributed by atoms with E-state index in [2.05, 4.69) is 4.98 Å². The molecule has 0 radical (unpaired) electrons. The molecule has 2 heterocycles. The van der Waals surface area contributed by atoms with Crippen molar-refractivity contribution in [3.63, 3.8) is 0 Å². The lowest BCUT2D eigenvalue weighted by Gasteiger charge is -2.05. The van der Waals surface area contributed by atoms with Crippen LogP contribution < -0.4 is 4.74 Å². The fourth-order valence-electron chi connectivity index (χ4n) is 2.18. The van der Waals surface area contributed by atoms with Crippen molar-refractivity contribution in [2.75, 3.05) is 7.11 Å². The molecule has 0 aliphatic rings. The van der Waals surface area contributed by atoms with Gasteiger partial charge in [0.15, 0.2) is 0 Å². The first kappa shape index (κ1) is 13.3. The molecule has 6 heteroatoms. The minimum absolute atomic E-state index is 0.0768. The van der Waals surface area contributed by atoms with Crippen LogP contribution in [0, 0.1) is 0 Å². The summed E-state index contributed by atoms with van der Waals surface area (Å²) in [5.41, 5.74) is 1.34. The van der Waals surface area contributed by atoms with Crippen LogP contribution in [0.1, 0.15) is 5.69 Å². The van der Waals surface area contributed by atoms with E-state index in [1.54, 1.807) is 18.2 Å². The van der Waals surface area contributed by atoms with Crippen molar-refractivity contribution in [3.05, 3.63) is 36.0 Å². The zero-order valence-corrected chi connectivity index (χ0v) is 11.2. The molecule has 2 aromatic heterocycles. The summed E-state index contributed by atoms with van der Waals surface area (Å²) in [6.45, 7) is -0.277. The number of pyridine rings is 1. The van der Waals surface area contributed by atoms with Gasteiger partial charge >= 0.3 is 0 Å². The number of aliphatic hydroxyl groups excluding tert-OH is 1. The Kier molecular flexibility index (Phi) is 3.15. The molecular formula is C15H13NO5. The number of benzene rings is 1. The molecule has 0 aliphatic carbocycles. The second-order valence-corrected chi connectivity index (χ2v) is 4.49. The van der Waals surface area contributed by atoms with Crippen LogP contribution in [0.15, 0.2) is 34.7 Å². The van der Waals surface area contributed by atoms with Crippen molar-refractivity contribution in [2.24, 2.45) is 0 Å². The quantitative estimate of drug-likeness (QED) is 0.684. The molecule has 0 bridgehead atoms. The molecule has 0 spiro atoms. The summed E-state index contributed by atoms with van der Waals surface area (Å²) < 4.78 is 10.6. The lowest BCUT2D eigenvalue weighted by Crippen LogP contribution is -1.96. The van der Waals surface area contributed by atoms with Gasteiger partial charge < -0.3 is 24.5 Å². The van der Waals surface area contributed by atoms with Crippen LogP contribution in [0.4, 0.5) is 0 Å². The van der Waals surface area contributed by atoms with Crippen LogP contribution in [-0.2, 0) is 6.61 Å². The Morgan fingerprint density at radius 2 is 2.00 bits per heavy atom. The standard InChI is InChI=1S/C15H13NO5/c1-20-15-3-2-9(11(7-17)16-15)14-6-10-12(19)4-8(18)5-13(10)21-14/h2-6,17-19H,7H2,1H3. The number of phenols is 2. The van der Waals surface area contributed by atoms with Gasteiger partial charge in [0.05, 0.1) is 24.8 Å². The predicted molar refractivity (Wildman–Crippen MR) is 75.2 cm³/mol. The number of rotatable bonds is 3. The van der Waals surface area contributed by atoms with Gasteiger partial charge in [-0.3, -0.25) is 0 Å². The first-order valence-corrected chi connectivity index (χ1v) is 6.23. The van der Waals surface area contributed by atoms with Crippen LogP contribution in [0.25, 0.3) is 22.3 Å². The predicted octanol–water partition coefficient (Wildman–Crippen LogP) is 2.41. The van der Waals surface area contributed by atoms with E-state index >= 15 is 0 Å². The van der Waals surface area contributed by atoms with E-state index in [1.165, 1.54) is 19.2 Å². The maximum Gasteiger partial charge on any atom is 0.213 e. The molecular weight excluding hydrogens is 274 g/mol. The third-order valence-corrected chi connectivity index (χ3v) is 3.17. The molecule has 3 aromatic rings. The van der Waals surface area contributed by atoms with Crippen LogP contribution in [0.2, 0.25) is 0 Å². The Labute approximate surface area is 119 Å². The fourth-order valence-corrected chi connectivity index (χ4v) is 2.18. The van der Waals surface area contributed by atoms with Crippen molar-refractivity contribution in [1.82, 2.24) is 4.98 Å². The highest BCUT2D eigenvalue weighted by molar-refractivity contribution is 5.89. The molecule has 0 unspecified atom stereocenters. The zero-order valence-electron chi connectivity index (χ0n) is 11.2. The molecule has 108 valence electrons. The number of aliphatic hydroxyl groups is 1. The van der Waals surface area contributed by atoms with E-state index in [0.29, 0.717) is 33.9 Å². The van der Waals surface area contributed by atoms with E-state index in [1.807, 2.05) is 0 Å². The number of hydrogen-bond acceptors (Lipinski definition) is 6. The smallest absolute Gasteiger partial charge is 0.213 e. The topological polar surface area (TPSA) is 96.0 Å².